The molecule has 0 atom stereocenters. The average molecular weight is 453 g/mol. The van der Waals surface area contributed by atoms with E-state index in [0.717, 1.165) is 22.3 Å². The van der Waals surface area contributed by atoms with Gasteiger partial charge in [-0.1, -0.05) is 90.5 Å². The summed E-state index contributed by atoms with van der Waals surface area (Å²) in [6.45, 7) is 3.30. The number of rotatable bonds is 9. The van der Waals surface area contributed by atoms with Gasteiger partial charge < -0.3 is 10.6 Å². The third kappa shape index (κ3) is 6.19. The maximum atomic E-state index is 13.0. The van der Waals surface area contributed by atoms with Crippen molar-refractivity contribution in [2.75, 3.05) is 6.54 Å². The van der Waals surface area contributed by atoms with Crippen LogP contribution in [0.4, 0.5) is 0 Å². The van der Waals surface area contributed by atoms with E-state index in [1.165, 1.54) is 0 Å². The smallest absolute Gasteiger partial charge is 0.255 e. The number of aryl methyl sites for hydroxylation is 1. The Labute approximate surface area is 199 Å². The zero-order valence-corrected chi connectivity index (χ0v) is 19.2. The Kier molecular flexibility index (Phi) is 7.50. The van der Waals surface area contributed by atoms with Crippen LogP contribution in [0.1, 0.15) is 33.5 Å². The first-order valence-corrected chi connectivity index (χ1v) is 11.4. The van der Waals surface area contributed by atoms with Crippen LogP contribution >= 0.6 is 0 Å². The van der Waals surface area contributed by atoms with Crippen molar-refractivity contribution in [3.63, 3.8) is 0 Å². The Bertz CT molecular complexity index is 1230. The highest BCUT2D eigenvalue weighted by molar-refractivity contribution is 6.00. The average Bonchev–Trinajstić information content (AvgIpc) is 3.28. The van der Waals surface area contributed by atoms with Gasteiger partial charge >= 0.3 is 0 Å². The van der Waals surface area contributed by atoms with Gasteiger partial charge in [-0.2, -0.15) is 5.10 Å². The number of aromatic nitrogens is 2. The van der Waals surface area contributed by atoms with Crippen molar-refractivity contribution in [3.05, 3.63) is 113 Å². The van der Waals surface area contributed by atoms with E-state index in [9.17, 15) is 9.59 Å². The zero-order chi connectivity index (χ0) is 23.8. The number of benzene rings is 3. The van der Waals surface area contributed by atoms with E-state index in [1.807, 2.05) is 91.9 Å². The minimum atomic E-state index is -0.245. The predicted molar refractivity (Wildman–Crippen MR) is 133 cm³/mol. The summed E-state index contributed by atoms with van der Waals surface area (Å²) in [5, 5.41) is 10.5. The molecule has 6 heteroatoms. The highest BCUT2D eigenvalue weighted by Crippen LogP contribution is 2.23. The fourth-order valence-corrected chi connectivity index (χ4v) is 3.63. The second-order valence-corrected chi connectivity index (χ2v) is 8.21. The van der Waals surface area contributed by atoms with Crippen molar-refractivity contribution in [1.29, 1.82) is 0 Å². The van der Waals surface area contributed by atoms with Crippen LogP contribution in [0.25, 0.3) is 11.3 Å². The van der Waals surface area contributed by atoms with E-state index < -0.39 is 0 Å². The molecule has 2 N–H and O–H groups in total. The van der Waals surface area contributed by atoms with Gasteiger partial charge in [0.15, 0.2) is 0 Å². The first-order chi connectivity index (χ1) is 16.6. The third-order valence-corrected chi connectivity index (χ3v) is 5.49. The van der Waals surface area contributed by atoms with Gasteiger partial charge in [-0.25, -0.2) is 0 Å². The van der Waals surface area contributed by atoms with E-state index in [0.29, 0.717) is 24.3 Å². The van der Waals surface area contributed by atoms with E-state index in [4.69, 9.17) is 5.10 Å². The largest absolute Gasteiger partial charge is 0.352 e. The molecule has 0 aliphatic heterocycles. The minimum absolute atomic E-state index is 0.109. The number of nitrogens with zero attached hydrogens (tertiary/aromatic N) is 2. The van der Waals surface area contributed by atoms with Crippen LogP contribution < -0.4 is 10.6 Å². The van der Waals surface area contributed by atoms with Gasteiger partial charge in [0.25, 0.3) is 5.91 Å². The molecule has 0 aliphatic rings. The summed E-state index contributed by atoms with van der Waals surface area (Å²) in [5.74, 6) is -0.353. The molecule has 34 heavy (non-hydrogen) atoms. The lowest BCUT2D eigenvalue weighted by molar-refractivity contribution is -0.121. The number of hydrogen-bond donors (Lipinski definition) is 2. The first-order valence-electron chi connectivity index (χ1n) is 11.4. The number of amides is 2. The SMILES string of the molecule is Cc1ccc(-c2nn(Cc3ccccc3)cc2C(=O)NCCC(=O)NCc2ccccc2)cc1. The first kappa shape index (κ1) is 23.0. The van der Waals surface area contributed by atoms with Gasteiger partial charge in [0.2, 0.25) is 5.91 Å². The quantitative estimate of drug-likeness (QED) is 0.397. The highest BCUT2D eigenvalue weighted by atomic mass is 16.2. The van der Waals surface area contributed by atoms with Crippen LogP contribution in [-0.2, 0) is 17.9 Å². The van der Waals surface area contributed by atoms with Crippen LogP contribution in [0.3, 0.4) is 0 Å². The Balaban J connectivity index is 1.41. The third-order valence-electron chi connectivity index (χ3n) is 5.49. The van der Waals surface area contributed by atoms with Crippen molar-refractivity contribution in [3.8, 4) is 11.3 Å². The number of nitrogens with one attached hydrogen (secondary N) is 2. The molecule has 4 rings (SSSR count). The second-order valence-electron chi connectivity index (χ2n) is 8.21. The van der Waals surface area contributed by atoms with Crippen LogP contribution in [0.15, 0.2) is 91.1 Å². The van der Waals surface area contributed by atoms with Crippen LogP contribution in [0, 0.1) is 6.92 Å². The zero-order valence-electron chi connectivity index (χ0n) is 19.2. The van der Waals surface area contributed by atoms with E-state index >= 15 is 0 Å². The number of carbonyl (C=O) groups excluding carboxylic acids is 2. The highest BCUT2D eigenvalue weighted by Gasteiger charge is 2.18. The molecule has 0 spiro atoms. The molecular weight excluding hydrogens is 424 g/mol. The fourth-order valence-electron chi connectivity index (χ4n) is 3.63. The summed E-state index contributed by atoms with van der Waals surface area (Å²) in [4.78, 5) is 25.2. The van der Waals surface area contributed by atoms with Gasteiger partial charge in [-0.05, 0) is 18.1 Å². The van der Waals surface area contributed by atoms with Crippen LogP contribution in [-0.4, -0.2) is 28.1 Å². The van der Waals surface area contributed by atoms with Gasteiger partial charge in [0, 0.05) is 31.3 Å². The van der Waals surface area contributed by atoms with Crippen LogP contribution in [0.5, 0.6) is 0 Å². The Morgan fingerprint density at radius 2 is 1.47 bits per heavy atom. The van der Waals surface area contributed by atoms with Crippen molar-refractivity contribution in [2.45, 2.75) is 26.4 Å². The van der Waals surface area contributed by atoms with Crippen molar-refractivity contribution >= 4 is 11.8 Å². The maximum Gasteiger partial charge on any atom is 0.255 e. The summed E-state index contributed by atoms with van der Waals surface area (Å²) in [5.41, 5.74) is 5.27. The lowest BCUT2D eigenvalue weighted by atomic mass is 10.1. The predicted octanol–water partition coefficient (Wildman–Crippen LogP) is 4.34. The summed E-state index contributed by atoms with van der Waals surface area (Å²) in [6, 6.07) is 27.7. The Morgan fingerprint density at radius 1 is 0.824 bits per heavy atom. The molecule has 1 aromatic heterocycles. The van der Waals surface area contributed by atoms with E-state index in [2.05, 4.69) is 10.6 Å². The van der Waals surface area contributed by atoms with Gasteiger partial charge in [0.05, 0.1) is 12.1 Å². The molecule has 0 bridgehead atoms. The summed E-state index contributed by atoms with van der Waals surface area (Å²) < 4.78 is 1.78. The standard InChI is InChI=1S/C28H28N4O2/c1-21-12-14-24(15-13-21)27-25(20-32(31-27)19-23-10-6-3-7-11-23)28(34)29-17-16-26(33)30-18-22-8-4-2-5-9-22/h2-15,20H,16-19H2,1H3,(H,29,34)(H,30,33). The van der Waals surface area contributed by atoms with Crippen molar-refractivity contribution in [2.24, 2.45) is 0 Å². The lowest BCUT2D eigenvalue weighted by Crippen LogP contribution is -2.30. The normalized spacial score (nSPS) is 10.6. The molecule has 1 heterocycles. The van der Waals surface area contributed by atoms with E-state index in [1.54, 1.807) is 10.9 Å². The fraction of sp³-hybridized carbons (Fsp3) is 0.179. The molecule has 2 amide bonds. The molecule has 0 fully saturated rings. The topological polar surface area (TPSA) is 76.0 Å². The second kappa shape index (κ2) is 11.1. The van der Waals surface area contributed by atoms with Crippen LogP contribution in [0.2, 0.25) is 0 Å². The lowest BCUT2D eigenvalue weighted by Gasteiger charge is -2.07. The molecule has 6 nitrogen and oxygen atoms in total. The molecule has 3 aromatic carbocycles. The molecule has 4 aromatic rings. The molecule has 172 valence electrons. The van der Waals surface area contributed by atoms with Crippen molar-refractivity contribution in [1.82, 2.24) is 20.4 Å². The van der Waals surface area contributed by atoms with Gasteiger partial charge in [0.1, 0.15) is 5.69 Å². The minimum Gasteiger partial charge on any atom is -0.352 e. The summed E-state index contributed by atoms with van der Waals surface area (Å²) in [7, 11) is 0. The number of carbonyl (C=O) groups is 2. The molecule has 0 saturated heterocycles. The molecular formula is C28H28N4O2. The molecule has 0 radical (unpaired) electrons. The Hall–Kier alpha value is -4.19. The van der Waals surface area contributed by atoms with Gasteiger partial charge in [-0.15, -0.1) is 0 Å². The van der Waals surface area contributed by atoms with E-state index in [-0.39, 0.29) is 24.8 Å². The van der Waals surface area contributed by atoms with Gasteiger partial charge in [-0.3, -0.25) is 14.3 Å². The maximum absolute atomic E-state index is 13.0. The number of hydrogen-bond acceptors (Lipinski definition) is 3. The molecule has 0 unspecified atom stereocenters. The monoisotopic (exact) mass is 452 g/mol. The summed E-state index contributed by atoms with van der Waals surface area (Å²) >= 11 is 0. The molecule has 0 aliphatic carbocycles. The molecule has 0 saturated carbocycles. The Morgan fingerprint density at radius 3 is 2.15 bits per heavy atom. The summed E-state index contributed by atoms with van der Waals surface area (Å²) in [6.07, 6.45) is 1.98. The van der Waals surface area contributed by atoms with Crippen molar-refractivity contribution < 1.29 is 9.59 Å².